The lowest BCUT2D eigenvalue weighted by atomic mass is 9.99. The van der Waals surface area contributed by atoms with Crippen LogP contribution < -0.4 is 0 Å². The maximum Gasteiger partial charge on any atom is 0.232 e. The maximum absolute atomic E-state index is 11.4. The first-order valence-corrected chi connectivity index (χ1v) is 5.95. The third-order valence-corrected chi connectivity index (χ3v) is 3.63. The van der Waals surface area contributed by atoms with Crippen molar-refractivity contribution in [3.63, 3.8) is 0 Å². The van der Waals surface area contributed by atoms with Crippen molar-refractivity contribution < 1.29 is 4.79 Å². The van der Waals surface area contributed by atoms with Gasteiger partial charge in [-0.25, -0.2) is 0 Å². The normalized spacial score (nSPS) is 20.9. The van der Waals surface area contributed by atoms with Crippen LogP contribution in [0.25, 0.3) is 0 Å². The van der Waals surface area contributed by atoms with E-state index in [1.165, 1.54) is 25.7 Å². The Morgan fingerprint density at radius 2 is 2.00 bits per heavy atom. The molecule has 0 saturated heterocycles. The van der Waals surface area contributed by atoms with E-state index in [1.807, 2.05) is 11.9 Å². The van der Waals surface area contributed by atoms with Gasteiger partial charge in [0.1, 0.15) is 0 Å². The second-order valence-corrected chi connectivity index (χ2v) is 4.55. The van der Waals surface area contributed by atoms with Gasteiger partial charge in [-0.15, -0.1) is 0 Å². The highest BCUT2D eigenvalue weighted by molar-refractivity contribution is 14.1. The number of carbonyl (C=O) groups is 1. The quantitative estimate of drug-likeness (QED) is 0.561. The molecule has 70 valence electrons. The summed E-state index contributed by atoms with van der Waals surface area (Å²) in [5.41, 5.74) is 0.155. The lowest BCUT2D eigenvalue weighted by molar-refractivity contribution is -0.131. The van der Waals surface area contributed by atoms with Gasteiger partial charge < -0.3 is 4.90 Å². The molecule has 1 aliphatic carbocycles. The second-order valence-electron chi connectivity index (χ2n) is 3.79. The predicted octanol–water partition coefficient (Wildman–Crippen LogP) is 2.21. The van der Waals surface area contributed by atoms with Crippen molar-refractivity contribution in [2.45, 2.75) is 38.1 Å². The van der Waals surface area contributed by atoms with E-state index >= 15 is 0 Å². The van der Waals surface area contributed by atoms with E-state index in [0.29, 0.717) is 4.43 Å². The van der Waals surface area contributed by atoms with Gasteiger partial charge in [0.25, 0.3) is 0 Å². The molecule has 0 radical (unpaired) electrons. The van der Waals surface area contributed by atoms with Crippen molar-refractivity contribution in [1.82, 2.24) is 4.90 Å². The summed E-state index contributed by atoms with van der Waals surface area (Å²) in [7, 11) is 1.94. The smallest absolute Gasteiger partial charge is 0.232 e. The number of amides is 1. The predicted molar refractivity (Wildman–Crippen MR) is 58.5 cm³/mol. The van der Waals surface area contributed by atoms with Crippen molar-refractivity contribution in [3.05, 3.63) is 0 Å². The zero-order valence-corrected chi connectivity index (χ0v) is 9.93. The van der Waals surface area contributed by atoms with E-state index in [1.54, 1.807) is 0 Å². The number of alkyl halides is 1. The molecule has 1 fully saturated rings. The Kier molecular flexibility index (Phi) is 3.37. The van der Waals surface area contributed by atoms with Crippen LogP contribution in [0, 0.1) is 0 Å². The molecule has 12 heavy (non-hydrogen) atoms. The fraction of sp³-hybridized carbons (Fsp3) is 0.889. The lowest BCUT2D eigenvalue weighted by Crippen LogP contribution is -2.45. The van der Waals surface area contributed by atoms with Crippen LogP contribution in [0.1, 0.15) is 32.6 Å². The molecule has 0 spiro atoms. The number of hydrogen-bond acceptors (Lipinski definition) is 1. The Morgan fingerprint density at radius 1 is 1.50 bits per heavy atom. The molecule has 1 saturated carbocycles. The molecule has 2 nitrogen and oxygen atoms in total. The van der Waals surface area contributed by atoms with Crippen LogP contribution in [0.2, 0.25) is 0 Å². The Balaban J connectivity index is 2.61. The number of nitrogens with zero attached hydrogens (tertiary/aromatic N) is 1. The maximum atomic E-state index is 11.4. The highest BCUT2D eigenvalue weighted by Crippen LogP contribution is 2.33. The number of carbonyl (C=O) groups excluding carboxylic acids is 1. The minimum atomic E-state index is 0.155. The van der Waals surface area contributed by atoms with Gasteiger partial charge in [-0.2, -0.15) is 0 Å². The van der Waals surface area contributed by atoms with Crippen LogP contribution in [0.4, 0.5) is 0 Å². The first-order valence-electron chi connectivity index (χ1n) is 4.43. The van der Waals surface area contributed by atoms with E-state index in [2.05, 4.69) is 29.5 Å². The van der Waals surface area contributed by atoms with Crippen LogP contribution in [0.15, 0.2) is 0 Å². The lowest BCUT2D eigenvalue weighted by Gasteiger charge is -2.35. The van der Waals surface area contributed by atoms with Crippen molar-refractivity contribution in [2.75, 3.05) is 11.5 Å². The van der Waals surface area contributed by atoms with Crippen LogP contribution in [-0.4, -0.2) is 27.8 Å². The molecule has 0 unspecified atom stereocenters. The number of halogens is 1. The molecular weight excluding hydrogens is 265 g/mol. The van der Waals surface area contributed by atoms with Gasteiger partial charge >= 0.3 is 0 Å². The summed E-state index contributed by atoms with van der Waals surface area (Å²) in [6.07, 6.45) is 4.89. The van der Waals surface area contributed by atoms with Crippen molar-refractivity contribution in [2.24, 2.45) is 0 Å². The largest absolute Gasteiger partial charge is 0.340 e. The molecule has 0 bridgehead atoms. The van der Waals surface area contributed by atoms with Crippen LogP contribution in [-0.2, 0) is 4.79 Å². The van der Waals surface area contributed by atoms with Gasteiger partial charge in [0.2, 0.25) is 5.91 Å². The summed E-state index contributed by atoms with van der Waals surface area (Å²) in [6, 6.07) is 0. The van der Waals surface area contributed by atoms with Crippen LogP contribution >= 0.6 is 22.6 Å². The van der Waals surface area contributed by atoms with Gasteiger partial charge in [-0.05, 0) is 19.8 Å². The second kappa shape index (κ2) is 3.94. The fourth-order valence-electron chi connectivity index (χ4n) is 1.86. The summed E-state index contributed by atoms with van der Waals surface area (Å²) < 4.78 is 0.601. The molecular formula is C9H16INO. The molecule has 0 N–H and O–H groups in total. The monoisotopic (exact) mass is 281 g/mol. The Bertz CT molecular complexity index is 175. The molecule has 0 aliphatic heterocycles. The summed E-state index contributed by atoms with van der Waals surface area (Å²) in [5.74, 6) is 0.264. The molecule has 3 heteroatoms. The number of rotatable bonds is 2. The third-order valence-electron chi connectivity index (χ3n) is 2.98. The van der Waals surface area contributed by atoms with Crippen molar-refractivity contribution >= 4 is 28.5 Å². The molecule has 0 aromatic heterocycles. The van der Waals surface area contributed by atoms with Gasteiger partial charge in [-0.3, -0.25) is 4.79 Å². The first-order chi connectivity index (χ1) is 5.60. The zero-order valence-electron chi connectivity index (χ0n) is 7.77. The van der Waals surface area contributed by atoms with Gasteiger partial charge in [0, 0.05) is 12.6 Å². The molecule has 0 atom stereocenters. The van der Waals surface area contributed by atoms with Gasteiger partial charge in [-0.1, -0.05) is 35.4 Å². The van der Waals surface area contributed by atoms with Crippen molar-refractivity contribution in [3.8, 4) is 0 Å². The molecule has 1 aliphatic rings. The van der Waals surface area contributed by atoms with Gasteiger partial charge in [0.05, 0.1) is 4.43 Å². The highest BCUT2D eigenvalue weighted by Gasteiger charge is 2.34. The minimum absolute atomic E-state index is 0.155. The summed E-state index contributed by atoms with van der Waals surface area (Å²) in [4.78, 5) is 13.4. The van der Waals surface area contributed by atoms with E-state index in [9.17, 15) is 4.79 Å². The minimum Gasteiger partial charge on any atom is -0.340 e. The van der Waals surface area contributed by atoms with Crippen molar-refractivity contribution in [1.29, 1.82) is 0 Å². The SMILES string of the molecule is CN(C(=O)CI)C1(C)CCCC1. The first kappa shape index (κ1) is 10.3. The molecule has 0 aromatic carbocycles. The Morgan fingerprint density at radius 3 is 2.42 bits per heavy atom. The zero-order chi connectivity index (χ0) is 9.19. The summed E-state index contributed by atoms with van der Waals surface area (Å²) in [6.45, 7) is 2.20. The highest BCUT2D eigenvalue weighted by atomic mass is 127. The molecule has 1 rings (SSSR count). The summed E-state index contributed by atoms with van der Waals surface area (Å²) >= 11 is 2.13. The van der Waals surface area contributed by atoms with E-state index in [-0.39, 0.29) is 11.4 Å². The van der Waals surface area contributed by atoms with Gasteiger partial charge in [0.15, 0.2) is 0 Å². The van der Waals surface area contributed by atoms with E-state index in [4.69, 9.17) is 0 Å². The average Bonchev–Trinajstić information content (AvgIpc) is 2.50. The van der Waals surface area contributed by atoms with E-state index in [0.717, 1.165) is 0 Å². The molecule has 1 amide bonds. The van der Waals surface area contributed by atoms with Crippen LogP contribution in [0.5, 0.6) is 0 Å². The Labute approximate surface area is 87.8 Å². The summed E-state index contributed by atoms with van der Waals surface area (Å²) in [5, 5.41) is 0. The standard InChI is InChI=1S/C9H16INO/c1-9(5-3-4-6-9)11(2)8(12)7-10/h3-7H2,1-2H3. The topological polar surface area (TPSA) is 20.3 Å². The Hall–Kier alpha value is 0.200. The molecule has 0 heterocycles. The fourth-order valence-corrected chi connectivity index (χ4v) is 2.37. The molecule has 0 aromatic rings. The number of hydrogen-bond donors (Lipinski definition) is 0. The van der Waals surface area contributed by atoms with Crippen LogP contribution in [0.3, 0.4) is 0 Å². The van der Waals surface area contributed by atoms with E-state index < -0.39 is 0 Å². The average molecular weight is 281 g/mol. The third kappa shape index (κ3) is 1.92.